The fourth-order valence-electron chi connectivity index (χ4n) is 2.34. The second-order valence-corrected chi connectivity index (χ2v) is 5.22. The molecule has 0 heterocycles. The topological polar surface area (TPSA) is 17.1 Å². The average molecular weight is 266 g/mol. The van der Waals surface area contributed by atoms with Crippen molar-refractivity contribution < 1.29 is 4.79 Å². The summed E-state index contributed by atoms with van der Waals surface area (Å²) in [6.45, 7) is 2.14. The fraction of sp³-hybridized carbons (Fsp3) is 0.316. The first kappa shape index (κ1) is 14.5. The molecule has 20 heavy (non-hydrogen) atoms. The monoisotopic (exact) mass is 266 g/mol. The molecule has 0 fully saturated rings. The van der Waals surface area contributed by atoms with Gasteiger partial charge in [-0.1, -0.05) is 61.5 Å². The van der Waals surface area contributed by atoms with Gasteiger partial charge in [-0.15, -0.1) is 0 Å². The molecular weight excluding hydrogens is 244 g/mol. The van der Waals surface area contributed by atoms with Crippen LogP contribution in [0, 0.1) is 0 Å². The van der Waals surface area contributed by atoms with Crippen LogP contribution in [0.5, 0.6) is 0 Å². The van der Waals surface area contributed by atoms with Crippen LogP contribution in [0.2, 0.25) is 0 Å². The summed E-state index contributed by atoms with van der Waals surface area (Å²) in [7, 11) is 0. The van der Waals surface area contributed by atoms with Crippen molar-refractivity contribution in [1.29, 1.82) is 0 Å². The fourth-order valence-corrected chi connectivity index (χ4v) is 2.34. The Labute approximate surface area is 121 Å². The van der Waals surface area contributed by atoms with Gasteiger partial charge in [0.05, 0.1) is 0 Å². The molecule has 0 aliphatic heterocycles. The van der Waals surface area contributed by atoms with Crippen molar-refractivity contribution in [3.8, 4) is 0 Å². The third-order valence-electron chi connectivity index (χ3n) is 3.60. The highest BCUT2D eigenvalue weighted by Crippen LogP contribution is 2.09. The van der Waals surface area contributed by atoms with Gasteiger partial charge >= 0.3 is 0 Å². The number of hydrogen-bond donors (Lipinski definition) is 0. The number of rotatable bonds is 7. The number of benzene rings is 2. The summed E-state index contributed by atoms with van der Waals surface area (Å²) in [5, 5.41) is 0. The standard InChI is InChI=1S/C19H22O/c1-2-16-11-13-18(14-12-16)15-19(20)10-6-9-17-7-4-3-5-8-17/h3-5,7-8,11-14H,2,6,9-10,15H2,1H3. The highest BCUT2D eigenvalue weighted by atomic mass is 16.1. The SMILES string of the molecule is CCc1ccc(CC(=O)CCCc2ccccc2)cc1. The molecule has 0 unspecified atom stereocenters. The maximum Gasteiger partial charge on any atom is 0.137 e. The van der Waals surface area contributed by atoms with Gasteiger partial charge in [0.25, 0.3) is 0 Å². The van der Waals surface area contributed by atoms with E-state index < -0.39 is 0 Å². The van der Waals surface area contributed by atoms with Crippen LogP contribution in [-0.4, -0.2) is 5.78 Å². The third-order valence-corrected chi connectivity index (χ3v) is 3.60. The number of Topliss-reactive ketones (excluding diaryl/α,β-unsaturated/α-hetero) is 1. The van der Waals surface area contributed by atoms with Crippen molar-refractivity contribution in [1.82, 2.24) is 0 Å². The maximum atomic E-state index is 12.0. The summed E-state index contributed by atoms with van der Waals surface area (Å²) >= 11 is 0. The number of hydrogen-bond acceptors (Lipinski definition) is 1. The van der Waals surface area contributed by atoms with E-state index in [4.69, 9.17) is 0 Å². The third kappa shape index (κ3) is 4.65. The van der Waals surface area contributed by atoms with Gasteiger partial charge in [-0.25, -0.2) is 0 Å². The molecule has 2 aromatic rings. The molecule has 0 saturated carbocycles. The zero-order valence-corrected chi connectivity index (χ0v) is 12.1. The van der Waals surface area contributed by atoms with Crippen LogP contribution in [0.4, 0.5) is 0 Å². The van der Waals surface area contributed by atoms with Gasteiger partial charge in [-0.3, -0.25) is 4.79 Å². The van der Waals surface area contributed by atoms with E-state index in [0.717, 1.165) is 24.8 Å². The van der Waals surface area contributed by atoms with Crippen molar-refractivity contribution in [3.05, 3.63) is 71.3 Å². The van der Waals surface area contributed by atoms with E-state index in [1.54, 1.807) is 0 Å². The Hall–Kier alpha value is -1.89. The van der Waals surface area contributed by atoms with Crippen molar-refractivity contribution in [3.63, 3.8) is 0 Å². The number of carbonyl (C=O) groups is 1. The van der Waals surface area contributed by atoms with Gasteiger partial charge in [0.1, 0.15) is 5.78 Å². The predicted molar refractivity (Wildman–Crippen MR) is 83.9 cm³/mol. The van der Waals surface area contributed by atoms with Crippen LogP contribution >= 0.6 is 0 Å². The summed E-state index contributed by atoms with van der Waals surface area (Å²) in [6.07, 6.45) is 4.21. The normalized spacial score (nSPS) is 10.4. The first-order chi connectivity index (χ1) is 9.78. The Morgan fingerprint density at radius 1 is 0.850 bits per heavy atom. The van der Waals surface area contributed by atoms with E-state index in [2.05, 4.69) is 43.3 Å². The second-order valence-electron chi connectivity index (χ2n) is 5.22. The van der Waals surface area contributed by atoms with E-state index in [-0.39, 0.29) is 0 Å². The lowest BCUT2D eigenvalue weighted by Crippen LogP contribution is -2.03. The van der Waals surface area contributed by atoms with E-state index in [9.17, 15) is 4.79 Å². The van der Waals surface area contributed by atoms with E-state index in [1.807, 2.05) is 18.2 Å². The smallest absolute Gasteiger partial charge is 0.137 e. The summed E-state index contributed by atoms with van der Waals surface area (Å²) in [4.78, 5) is 12.0. The molecule has 0 amide bonds. The van der Waals surface area contributed by atoms with Gasteiger partial charge in [-0.2, -0.15) is 0 Å². The lowest BCUT2D eigenvalue weighted by Gasteiger charge is -2.03. The number of carbonyl (C=O) groups excluding carboxylic acids is 1. The molecule has 0 saturated heterocycles. The quantitative estimate of drug-likeness (QED) is 0.726. The number of aryl methyl sites for hydroxylation is 2. The van der Waals surface area contributed by atoms with Crippen molar-refractivity contribution >= 4 is 5.78 Å². The summed E-state index contributed by atoms with van der Waals surface area (Å²) in [5.41, 5.74) is 3.77. The summed E-state index contributed by atoms with van der Waals surface area (Å²) in [6, 6.07) is 18.7. The molecule has 0 atom stereocenters. The zero-order chi connectivity index (χ0) is 14.2. The van der Waals surface area contributed by atoms with Crippen molar-refractivity contribution in [2.45, 2.75) is 39.0 Å². The van der Waals surface area contributed by atoms with E-state index in [1.165, 1.54) is 11.1 Å². The molecule has 2 rings (SSSR count). The predicted octanol–water partition coefficient (Wildman–Crippen LogP) is 4.38. The minimum absolute atomic E-state index is 0.338. The van der Waals surface area contributed by atoms with Crippen LogP contribution in [0.3, 0.4) is 0 Å². The molecule has 0 aromatic heterocycles. The van der Waals surface area contributed by atoms with Crippen LogP contribution in [0.25, 0.3) is 0 Å². The maximum absolute atomic E-state index is 12.0. The molecule has 0 spiro atoms. The molecule has 1 nitrogen and oxygen atoms in total. The molecule has 0 radical (unpaired) electrons. The zero-order valence-electron chi connectivity index (χ0n) is 12.1. The van der Waals surface area contributed by atoms with Crippen LogP contribution in [-0.2, 0) is 24.1 Å². The summed E-state index contributed by atoms with van der Waals surface area (Å²) in [5.74, 6) is 0.338. The minimum Gasteiger partial charge on any atom is -0.299 e. The van der Waals surface area contributed by atoms with Gasteiger partial charge in [0, 0.05) is 12.8 Å². The average Bonchev–Trinajstić information content (AvgIpc) is 2.49. The number of ketones is 1. The van der Waals surface area contributed by atoms with E-state index >= 15 is 0 Å². The van der Waals surface area contributed by atoms with Gasteiger partial charge in [-0.05, 0) is 36.0 Å². The molecule has 1 heteroatoms. The molecule has 104 valence electrons. The molecule has 0 aliphatic carbocycles. The Balaban J connectivity index is 1.74. The molecule has 2 aromatic carbocycles. The van der Waals surface area contributed by atoms with Crippen LogP contribution in [0.1, 0.15) is 36.5 Å². The lowest BCUT2D eigenvalue weighted by atomic mass is 10.0. The van der Waals surface area contributed by atoms with Crippen molar-refractivity contribution in [2.24, 2.45) is 0 Å². The lowest BCUT2D eigenvalue weighted by molar-refractivity contribution is -0.118. The van der Waals surface area contributed by atoms with Crippen LogP contribution < -0.4 is 0 Å². The Morgan fingerprint density at radius 2 is 1.50 bits per heavy atom. The Morgan fingerprint density at radius 3 is 2.15 bits per heavy atom. The Kier molecular flexibility index (Phi) is 5.55. The van der Waals surface area contributed by atoms with E-state index in [0.29, 0.717) is 18.6 Å². The molecule has 0 bridgehead atoms. The second kappa shape index (κ2) is 7.64. The van der Waals surface area contributed by atoms with Gasteiger partial charge < -0.3 is 0 Å². The van der Waals surface area contributed by atoms with Gasteiger partial charge in [0.2, 0.25) is 0 Å². The van der Waals surface area contributed by atoms with Gasteiger partial charge in [0.15, 0.2) is 0 Å². The molecule has 0 aliphatic rings. The molecule has 0 N–H and O–H groups in total. The minimum atomic E-state index is 0.338. The highest BCUT2D eigenvalue weighted by Gasteiger charge is 2.04. The largest absolute Gasteiger partial charge is 0.299 e. The van der Waals surface area contributed by atoms with Crippen LogP contribution in [0.15, 0.2) is 54.6 Å². The summed E-state index contributed by atoms with van der Waals surface area (Å²) < 4.78 is 0. The Bertz CT molecular complexity index is 525. The molecular formula is C19H22O. The van der Waals surface area contributed by atoms with Crippen molar-refractivity contribution in [2.75, 3.05) is 0 Å². The first-order valence-corrected chi connectivity index (χ1v) is 7.41. The first-order valence-electron chi connectivity index (χ1n) is 7.41. The highest BCUT2D eigenvalue weighted by molar-refractivity contribution is 5.80.